The molecule has 2 radical (unpaired) electrons. The van der Waals surface area contributed by atoms with Crippen molar-refractivity contribution in [3.05, 3.63) is 0 Å². The SMILES string of the molecule is [B]C1CCC(CO[P+](=O)O)O1. The Morgan fingerprint density at radius 1 is 1.73 bits per heavy atom. The van der Waals surface area contributed by atoms with Gasteiger partial charge in [0.25, 0.3) is 0 Å². The molecule has 60 valence electrons. The third-order valence-electron chi connectivity index (χ3n) is 1.51. The van der Waals surface area contributed by atoms with E-state index in [4.69, 9.17) is 17.5 Å². The van der Waals surface area contributed by atoms with Crippen molar-refractivity contribution in [3.8, 4) is 0 Å². The zero-order valence-electron chi connectivity index (χ0n) is 5.97. The summed E-state index contributed by atoms with van der Waals surface area (Å²) in [6.45, 7) is 0.152. The van der Waals surface area contributed by atoms with Crippen molar-refractivity contribution in [2.45, 2.75) is 24.9 Å². The Morgan fingerprint density at radius 3 is 2.91 bits per heavy atom. The molecule has 1 saturated heterocycles. The summed E-state index contributed by atoms with van der Waals surface area (Å²) in [5, 5.41) is 0. The fourth-order valence-electron chi connectivity index (χ4n) is 1.00. The maximum atomic E-state index is 10.1. The van der Waals surface area contributed by atoms with Crippen molar-refractivity contribution in [2.75, 3.05) is 6.61 Å². The predicted octanol–water partition coefficient (Wildman–Crippen LogP) is 0.326. The van der Waals surface area contributed by atoms with Crippen LogP contribution in [-0.4, -0.2) is 31.5 Å². The second-order valence-electron chi connectivity index (χ2n) is 2.41. The molecule has 0 bridgehead atoms. The first-order valence-corrected chi connectivity index (χ1v) is 4.51. The van der Waals surface area contributed by atoms with Gasteiger partial charge in [0, 0.05) is 10.6 Å². The van der Waals surface area contributed by atoms with E-state index in [1.807, 2.05) is 0 Å². The molecular formula is C5H9BO4P+. The van der Waals surface area contributed by atoms with Crippen LogP contribution in [0.25, 0.3) is 0 Å². The summed E-state index contributed by atoms with van der Waals surface area (Å²) in [5.41, 5.74) is 0. The zero-order valence-corrected chi connectivity index (χ0v) is 6.87. The third kappa shape index (κ3) is 3.30. The molecule has 0 amide bonds. The average molecular weight is 175 g/mol. The molecule has 0 spiro atoms. The van der Waals surface area contributed by atoms with Crippen molar-refractivity contribution >= 4 is 16.1 Å². The first-order valence-electron chi connectivity index (χ1n) is 3.38. The third-order valence-corrected chi connectivity index (χ3v) is 1.88. The molecule has 1 aliphatic rings. The first-order chi connectivity index (χ1) is 5.18. The van der Waals surface area contributed by atoms with Gasteiger partial charge in [0.05, 0.1) is 6.10 Å². The highest BCUT2D eigenvalue weighted by Crippen LogP contribution is 2.22. The monoisotopic (exact) mass is 175 g/mol. The van der Waals surface area contributed by atoms with Gasteiger partial charge in [-0.25, -0.2) is 0 Å². The van der Waals surface area contributed by atoms with Crippen LogP contribution in [0.3, 0.4) is 0 Å². The number of hydrogen-bond donors (Lipinski definition) is 1. The maximum absolute atomic E-state index is 10.1. The van der Waals surface area contributed by atoms with Crippen molar-refractivity contribution in [1.29, 1.82) is 0 Å². The zero-order chi connectivity index (χ0) is 8.27. The Morgan fingerprint density at radius 2 is 2.45 bits per heavy atom. The highest BCUT2D eigenvalue weighted by atomic mass is 31.1. The van der Waals surface area contributed by atoms with Crippen LogP contribution in [0.5, 0.6) is 0 Å². The van der Waals surface area contributed by atoms with Gasteiger partial charge in [-0.2, -0.15) is 0 Å². The molecule has 1 heterocycles. The van der Waals surface area contributed by atoms with Crippen molar-refractivity contribution in [1.82, 2.24) is 0 Å². The number of hydrogen-bond acceptors (Lipinski definition) is 3. The normalized spacial score (nSPS) is 32.3. The number of rotatable bonds is 3. The maximum Gasteiger partial charge on any atom is 0.694 e. The molecule has 1 N–H and O–H groups in total. The van der Waals surface area contributed by atoms with Gasteiger partial charge in [0.1, 0.15) is 14.5 Å². The number of ether oxygens (including phenoxy) is 1. The van der Waals surface area contributed by atoms with Crippen LogP contribution >= 0.6 is 8.25 Å². The Kier molecular flexibility index (Phi) is 3.46. The smallest absolute Gasteiger partial charge is 0.382 e. The van der Waals surface area contributed by atoms with E-state index in [0.717, 1.165) is 12.8 Å². The van der Waals surface area contributed by atoms with Crippen molar-refractivity contribution < 1.29 is 18.7 Å². The lowest BCUT2D eigenvalue weighted by molar-refractivity contribution is 0.0500. The average Bonchev–Trinajstić information content (AvgIpc) is 2.31. The van der Waals surface area contributed by atoms with Crippen LogP contribution in [0.1, 0.15) is 12.8 Å². The van der Waals surface area contributed by atoms with Crippen LogP contribution in [0.4, 0.5) is 0 Å². The van der Waals surface area contributed by atoms with E-state index in [2.05, 4.69) is 4.52 Å². The summed E-state index contributed by atoms with van der Waals surface area (Å²) in [6.07, 6.45) is 1.47. The predicted molar refractivity (Wildman–Crippen MR) is 39.4 cm³/mol. The fraction of sp³-hybridized carbons (Fsp3) is 1.00. The Bertz CT molecular complexity index is 153. The molecule has 11 heavy (non-hydrogen) atoms. The van der Waals surface area contributed by atoms with Gasteiger partial charge in [-0.15, -0.1) is 9.42 Å². The second-order valence-corrected chi connectivity index (χ2v) is 3.14. The van der Waals surface area contributed by atoms with E-state index in [1.165, 1.54) is 0 Å². The van der Waals surface area contributed by atoms with Crippen LogP contribution in [0, 0.1) is 0 Å². The Balaban J connectivity index is 2.13. The van der Waals surface area contributed by atoms with Gasteiger partial charge in [-0.05, 0) is 12.8 Å². The van der Waals surface area contributed by atoms with Gasteiger partial charge >= 0.3 is 8.25 Å². The molecule has 1 rings (SSSR count). The summed E-state index contributed by atoms with van der Waals surface area (Å²) >= 11 is 0. The van der Waals surface area contributed by atoms with Crippen LogP contribution in [0.15, 0.2) is 0 Å². The van der Waals surface area contributed by atoms with Gasteiger partial charge < -0.3 is 4.74 Å². The minimum absolute atomic E-state index is 0.115. The summed E-state index contributed by atoms with van der Waals surface area (Å²) in [5.74, 6) is 0. The lowest BCUT2D eigenvalue weighted by Crippen LogP contribution is -2.15. The highest BCUT2D eigenvalue weighted by molar-refractivity contribution is 7.32. The minimum Gasteiger partial charge on any atom is -0.382 e. The minimum atomic E-state index is -2.50. The molecule has 1 fully saturated rings. The van der Waals surface area contributed by atoms with E-state index in [-0.39, 0.29) is 18.7 Å². The molecule has 0 aliphatic carbocycles. The standard InChI is InChI=1S/C5H8BO4P/c6-5-2-1-4(10-5)3-9-11(7)8/h4-5H,1-3H2/p+1. The molecule has 0 aromatic heterocycles. The van der Waals surface area contributed by atoms with Crippen molar-refractivity contribution in [3.63, 3.8) is 0 Å². The van der Waals surface area contributed by atoms with Crippen molar-refractivity contribution in [2.24, 2.45) is 0 Å². The summed E-state index contributed by atoms with van der Waals surface area (Å²) in [6, 6.07) is -0.236. The summed E-state index contributed by atoms with van der Waals surface area (Å²) < 4.78 is 19.7. The fourth-order valence-corrected chi connectivity index (χ4v) is 1.30. The van der Waals surface area contributed by atoms with E-state index < -0.39 is 8.25 Å². The van der Waals surface area contributed by atoms with Gasteiger partial charge in [-0.3, -0.25) is 0 Å². The largest absolute Gasteiger partial charge is 0.694 e. The van der Waals surface area contributed by atoms with E-state index >= 15 is 0 Å². The quantitative estimate of drug-likeness (QED) is 0.495. The molecule has 0 aromatic carbocycles. The van der Waals surface area contributed by atoms with Gasteiger partial charge in [0.15, 0.2) is 0 Å². The molecule has 1 aliphatic heterocycles. The Labute approximate surface area is 67.2 Å². The van der Waals surface area contributed by atoms with E-state index in [9.17, 15) is 4.57 Å². The first kappa shape index (κ1) is 9.14. The van der Waals surface area contributed by atoms with Crippen LogP contribution < -0.4 is 0 Å². The molecule has 6 heteroatoms. The molecule has 3 atom stereocenters. The lowest BCUT2D eigenvalue weighted by atomic mass is 9.97. The Hall–Kier alpha value is 0.0449. The van der Waals surface area contributed by atoms with Crippen LogP contribution in [0.2, 0.25) is 0 Å². The molecular weight excluding hydrogens is 166 g/mol. The summed E-state index contributed by atoms with van der Waals surface area (Å²) in [7, 11) is 2.92. The summed E-state index contributed by atoms with van der Waals surface area (Å²) in [4.78, 5) is 8.28. The van der Waals surface area contributed by atoms with Crippen LogP contribution in [-0.2, 0) is 13.8 Å². The molecule has 0 saturated carbocycles. The van der Waals surface area contributed by atoms with E-state index in [1.54, 1.807) is 0 Å². The van der Waals surface area contributed by atoms with Gasteiger partial charge in [0.2, 0.25) is 0 Å². The topological polar surface area (TPSA) is 55.8 Å². The van der Waals surface area contributed by atoms with Gasteiger partial charge in [-0.1, -0.05) is 0 Å². The molecule has 3 unspecified atom stereocenters. The molecule has 0 aromatic rings. The highest BCUT2D eigenvalue weighted by Gasteiger charge is 2.25. The lowest BCUT2D eigenvalue weighted by Gasteiger charge is -2.05. The van der Waals surface area contributed by atoms with E-state index in [0.29, 0.717) is 0 Å². The molecule has 4 nitrogen and oxygen atoms in total. The second kappa shape index (κ2) is 4.17.